The van der Waals surface area contributed by atoms with Crippen molar-refractivity contribution in [2.24, 2.45) is 0 Å². The number of hydrogen-bond donors (Lipinski definition) is 1. The molecule has 2 heteroatoms. The summed E-state index contributed by atoms with van der Waals surface area (Å²) in [5.74, 6) is 0.883. The maximum atomic E-state index is 9.63. The van der Waals surface area contributed by atoms with Crippen LogP contribution in [0.15, 0.2) is 42.5 Å². The largest absolute Gasteiger partial charge is 0.489 e. The van der Waals surface area contributed by atoms with Crippen LogP contribution in [0.25, 0.3) is 0 Å². The Kier molecular flexibility index (Phi) is 4.23. The van der Waals surface area contributed by atoms with E-state index in [1.807, 2.05) is 50.2 Å². The monoisotopic (exact) mass is 255 g/mol. The van der Waals surface area contributed by atoms with E-state index in [9.17, 15) is 5.11 Å². The topological polar surface area (TPSA) is 29.5 Å². The van der Waals surface area contributed by atoms with Crippen molar-refractivity contribution >= 4 is 0 Å². The zero-order chi connectivity index (χ0) is 13.8. The van der Waals surface area contributed by atoms with E-state index in [0.717, 1.165) is 22.4 Å². The minimum atomic E-state index is -0.724. The first kappa shape index (κ1) is 13.6. The molecule has 2 nitrogen and oxygen atoms in total. The molecule has 0 aromatic heterocycles. The molecule has 1 radical (unpaired) electrons. The van der Waals surface area contributed by atoms with Gasteiger partial charge in [-0.15, -0.1) is 0 Å². The van der Waals surface area contributed by atoms with Crippen molar-refractivity contribution in [3.05, 3.63) is 71.6 Å². The van der Waals surface area contributed by atoms with E-state index in [1.165, 1.54) is 5.56 Å². The van der Waals surface area contributed by atoms with E-state index in [-0.39, 0.29) is 0 Å². The molecule has 0 saturated heterocycles. The van der Waals surface area contributed by atoms with E-state index in [0.29, 0.717) is 6.61 Å². The second-order valence-electron chi connectivity index (χ2n) is 4.77. The van der Waals surface area contributed by atoms with E-state index >= 15 is 0 Å². The molecule has 1 atom stereocenters. The van der Waals surface area contributed by atoms with Crippen LogP contribution in [-0.4, -0.2) is 5.11 Å². The molecule has 0 heterocycles. The lowest BCUT2D eigenvalue weighted by atomic mass is 10.0. The summed E-state index contributed by atoms with van der Waals surface area (Å²) in [5.41, 5.74) is 4.06. The van der Waals surface area contributed by atoms with Gasteiger partial charge in [0, 0.05) is 0 Å². The number of rotatable bonds is 4. The summed E-state index contributed by atoms with van der Waals surface area (Å²) < 4.78 is 5.86. The molecule has 0 aliphatic rings. The van der Waals surface area contributed by atoms with Crippen LogP contribution < -0.4 is 4.74 Å². The van der Waals surface area contributed by atoms with Gasteiger partial charge in [0.05, 0.1) is 6.10 Å². The first-order valence-corrected chi connectivity index (χ1v) is 6.37. The van der Waals surface area contributed by atoms with Crippen LogP contribution in [0.2, 0.25) is 0 Å². The van der Waals surface area contributed by atoms with E-state index in [1.54, 1.807) is 0 Å². The molecule has 1 unspecified atom stereocenters. The van der Waals surface area contributed by atoms with E-state index in [4.69, 9.17) is 4.74 Å². The van der Waals surface area contributed by atoms with Crippen molar-refractivity contribution < 1.29 is 9.84 Å². The molecular formula is C17H19O2. The quantitative estimate of drug-likeness (QED) is 0.901. The fourth-order valence-corrected chi connectivity index (χ4v) is 2.01. The van der Waals surface area contributed by atoms with Gasteiger partial charge in [-0.05, 0) is 49.1 Å². The van der Waals surface area contributed by atoms with Crippen LogP contribution in [0.3, 0.4) is 0 Å². The van der Waals surface area contributed by atoms with Crippen molar-refractivity contribution in [3.63, 3.8) is 0 Å². The third kappa shape index (κ3) is 3.36. The Labute approximate surface area is 114 Å². The molecule has 2 rings (SSSR count). The molecular weight excluding hydrogens is 236 g/mol. The summed E-state index contributed by atoms with van der Waals surface area (Å²) in [5, 5.41) is 9.63. The molecule has 2 aromatic rings. The Morgan fingerprint density at radius 1 is 1.16 bits per heavy atom. The number of hydrogen-bond acceptors (Lipinski definition) is 2. The highest BCUT2D eigenvalue weighted by atomic mass is 16.5. The van der Waals surface area contributed by atoms with Crippen molar-refractivity contribution in [3.8, 4) is 5.75 Å². The lowest BCUT2D eigenvalue weighted by Gasteiger charge is -2.14. The van der Waals surface area contributed by atoms with Gasteiger partial charge in [0.15, 0.2) is 0 Å². The number of benzene rings is 2. The highest BCUT2D eigenvalue weighted by Gasteiger charge is 2.08. The van der Waals surface area contributed by atoms with Crippen LogP contribution in [-0.2, 0) is 6.61 Å². The number of aryl methyl sites for hydroxylation is 2. The number of aliphatic hydroxyl groups is 1. The van der Waals surface area contributed by atoms with Gasteiger partial charge in [-0.1, -0.05) is 36.4 Å². The molecule has 0 aliphatic carbocycles. The number of ether oxygens (including phenoxy) is 1. The average Bonchev–Trinajstić information content (AvgIpc) is 2.40. The van der Waals surface area contributed by atoms with Gasteiger partial charge in [0.25, 0.3) is 0 Å². The normalized spacial score (nSPS) is 12.2. The zero-order valence-corrected chi connectivity index (χ0v) is 11.4. The van der Waals surface area contributed by atoms with Crippen LogP contribution in [0.1, 0.15) is 28.4 Å². The Morgan fingerprint density at radius 3 is 2.63 bits per heavy atom. The van der Waals surface area contributed by atoms with Gasteiger partial charge < -0.3 is 9.84 Å². The summed E-state index contributed by atoms with van der Waals surface area (Å²) in [6, 6.07) is 13.8. The fourth-order valence-electron chi connectivity index (χ4n) is 2.01. The predicted molar refractivity (Wildman–Crippen MR) is 77.0 cm³/mol. The minimum Gasteiger partial charge on any atom is -0.489 e. The Morgan fingerprint density at radius 2 is 1.89 bits per heavy atom. The Balaban J connectivity index is 2.17. The summed E-state index contributed by atoms with van der Waals surface area (Å²) >= 11 is 0. The third-order valence-electron chi connectivity index (χ3n) is 3.14. The molecule has 1 N–H and O–H groups in total. The number of aliphatic hydroxyl groups excluding tert-OH is 1. The SMILES string of the molecule is [CH2]C(O)c1ccccc1COc1cc(C)ccc1C. The highest BCUT2D eigenvalue weighted by molar-refractivity contribution is 5.37. The molecule has 0 bridgehead atoms. The molecule has 19 heavy (non-hydrogen) atoms. The summed E-state index contributed by atoms with van der Waals surface area (Å²) in [4.78, 5) is 0. The minimum absolute atomic E-state index is 0.438. The second-order valence-corrected chi connectivity index (χ2v) is 4.77. The molecule has 2 aromatic carbocycles. The maximum absolute atomic E-state index is 9.63. The standard InChI is InChI=1S/C17H19O2/c1-12-8-9-13(2)17(10-12)19-11-15-6-4-5-7-16(15)14(3)18/h4-10,14,18H,3,11H2,1-2H3. The van der Waals surface area contributed by atoms with Gasteiger partial charge in [-0.3, -0.25) is 0 Å². The highest BCUT2D eigenvalue weighted by Crippen LogP contribution is 2.23. The maximum Gasteiger partial charge on any atom is 0.122 e. The predicted octanol–water partition coefficient (Wildman–Crippen LogP) is 3.75. The summed E-state index contributed by atoms with van der Waals surface area (Å²) in [7, 11) is 0. The van der Waals surface area contributed by atoms with Crippen LogP contribution in [0.5, 0.6) is 5.75 Å². The molecule has 0 aliphatic heterocycles. The van der Waals surface area contributed by atoms with Gasteiger partial charge in [-0.2, -0.15) is 0 Å². The summed E-state index contributed by atoms with van der Waals surface area (Å²) in [6.07, 6.45) is -0.724. The molecule has 99 valence electrons. The first-order valence-electron chi connectivity index (χ1n) is 6.37. The van der Waals surface area contributed by atoms with Crippen molar-refractivity contribution in [1.82, 2.24) is 0 Å². The third-order valence-corrected chi connectivity index (χ3v) is 3.14. The molecule has 0 saturated carbocycles. The van der Waals surface area contributed by atoms with Crippen LogP contribution in [0.4, 0.5) is 0 Å². The lowest BCUT2D eigenvalue weighted by molar-refractivity contribution is 0.220. The first-order chi connectivity index (χ1) is 9.08. The van der Waals surface area contributed by atoms with Gasteiger partial charge in [-0.25, -0.2) is 0 Å². The van der Waals surface area contributed by atoms with E-state index < -0.39 is 6.10 Å². The Hall–Kier alpha value is -1.80. The van der Waals surface area contributed by atoms with Crippen molar-refractivity contribution in [2.45, 2.75) is 26.6 Å². The summed E-state index contributed by atoms with van der Waals surface area (Å²) in [6.45, 7) is 8.16. The van der Waals surface area contributed by atoms with Crippen molar-refractivity contribution in [2.75, 3.05) is 0 Å². The second kappa shape index (κ2) is 5.89. The Bertz CT molecular complexity index is 559. The molecule has 0 amide bonds. The van der Waals surface area contributed by atoms with Gasteiger partial charge in [0.2, 0.25) is 0 Å². The van der Waals surface area contributed by atoms with Gasteiger partial charge >= 0.3 is 0 Å². The lowest BCUT2D eigenvalue weighted by Crippen LogP contribution is -2.03. The van der Waals surface area contributed by atoms with Crippen molar-refractivity contribution in [1.29, 1.82) is 0 Å². The van der Waals surface area contributed by atoms with Crippen LogP contribution >= 0.6 is 0 Å². The average molecular weight is 255 g/mol. The zero-order valence-electron chi connectivity index (χ0n) is 11.4. The molecule has 0 fully saturated rings. The van der Waals surface area contributed by atoms with Gasteiger partial charge in [0.1, 0.15) is 12.4 Å². The molecule has 0 spiro atoms. The van der Waals surface area contributed by atoms with E-state index in [2.05, 4.69) is 13.0 Å². The fraction of sp³-hybridized carbons (Fsp3) is 0.235. The smallest absolute Gasteiger partial charge is 0.122 e. The van der Waals surface area contributed by atoms with Crippen LogP contribution in [0, 0.1) is 20.8 Å².